The molecule has 4 rings (SSSR count). The lowest BCUT2D eigenvalue weighted by atomic mass is 9.68. The van der Waals surface area contributed by atoms with Gasteiger partial charge in [-0.3, -0.25) is 0 Å². The van der Waals surface area contributed by atoms with Crippen molar-refractivity contribution in [3.8, 4) is 11.1 Å². The van der Waals surface area contributed by atoms with Gasteiger partial charge < -0.3 is 0 Å². The number of hydrogen-bond acceptors (Lipinski definition) is 0. The molecule has 2 aromatic rings. The summed E-state index contributed by atoms with van der Waals surface area (Å²) in [5.74, 6) is -3.68. The molecular formula is C26H26F6. The van der Waals surface area contributed by atoms with Gasteiger partial charge in [0.15, 0.2) is 17.5 Å². The lowest BCUT2D eigenvalue weighted by molar-refractivity contribution is 0.169. The van der Waals surface area contributed by atoms with Crippen LogP contribution >= 0.6 is 0 Å². The van der Waals surface area contributed by atoms with E-state index in [2.05, 4.69) is 0 Å². The van der Waals surface area contributed by atoms with E-state index in [9.17, 15) is 22.0 Å². The minimum Gasteiger partial charge on any atom is -0.206 e. The molecule has 0 aliphatic heterocycles. The van der Waals surface area contributed by atoms with Crippen molar-refractivity contribution >= 4 is 0 Å². The fraction of sp³-hybridized carbons (Fsp3) is 0.462. The average molecular weight is 452 g/mol. The topological polar surface area (TPSA) is 0 Å². The number of benzene rings is 2. The van der Waals surface area contributed by atoms with Gasteiger partial charge in [0.2, 0.25) is 0 Å². The van der Waals surface area contributed by atoms with Crippen molar-refractivity contribution in [3.63, 3.8) is 0 Å². The summed E-state index contributed by atoms with van der Waals surface area (Å²) >= 11 is 0. The molecule has 0 saturated heterocycles. The van der Waals surface area contributed by atoms with Crippen molar-refractivity contribution in [3.05, 3.63) is 70.8 Å². The second-order valence-electron chi connectivity index (χ2n) is 9.31. The van der Waals surface area contributed by atoms with Gasteiger partial charge in [-0.25, -0.2) is 17.6 Å². The molecule has 1 fully saturated rings. The molecule has 0 heterocycles. The summed E-state index contributed by atoms with van der Waals surface area (Å²) in [5.41, 5.74) is 1.52. The van der Waals surface area contributed by atoms with Crippen LogP contribution in [-0.2, 0) is 12.8 Å². The minimum absolute atomic E-state index is 0.0185. The van der Waals surface area contributed by atoms with Gasteiger partial charge in [0, 0.05) is 5.56 Å². The van der Waals surface area contributed by atoms with Crippen LogP contribution in [0.2, 0.25) is 0 Å². The Balaban J connectivity index is 1.47. The molecule has 2 aliphatic rings. The van der Waals surface area contributed by atoms with E-state index in [4.69, 9.17) is 0 Å². The van der Waals surface area contributed by atoms with Gasteiger partial charge in [-0.15, -0.1) is 0 Å². The largest absolute Gasteiger partial charge is 0.266 e. The predicted octanol–water partition coefficient (Wildman–Crippen LogP) is 8.24. The zero-order valence-corrected chi connectivity index (χ0v) is 17.9. The van der Waals surface area contributed by atoms with Crippen LogP contribution < -0.4 is 0 Å². The first-order chi connectivity index (χ1) is 15.2. The first kappa shape index (κ1) is 22.9. The Morgan fingerprint density at radius 2 is 1.53 bits per heavy atom. The molecule has 2 aromatic carbocycles. The number of rotatable bonds is 4. The molecule has 0 nitrogen and oxygen atoms in total. The Morgan fingerprint density at radius 1 is 0.875 bits per heavy atom. The maximum Gasteiger partial charge on any atom is 0.266 e. The first-order valence-corrected chi connectivity index (χ1v) is 11.2. The van der Waals surface area contributed by atoms with E-state index in [1.165, 1.54) is 6.07 Å². The lowest BCUT2D eigenvalue weighted by Crippen LogP contribution is -2.28. The van der Waals surface area contributed by atoms with Crippen molar-refractivity contribution < 1.29 is 26.3 Å². The zero-order valence-electron chi connectivity index (χ0n) is 17.9. The summed E-state index contributed by atoms with van der Waals surface area (Å²) in [7, 11) is 0. The standard InChI is InChI=1S/C26H26F6/c1-14(10-24(29)30)15-2-4-16(5-3-15)17-6-8-20-18(11-17)7-9-21(25(20)31)19-12-22(27)26(32)23(28)13-19/h7,9-10,12-17H,2-6,8,11H2,1H3. The van der Waals surface area contributed by atoms with E-state index in [0.29, 0.717) is 23.8 Å². The van der Waals surface area contributed by atoms with Crippen molar-refractivity contribution in [1.29, 1.82) is 0 Å². The molecule has 0 bridgehead atoms. The smallest absolute Gasteiger partial charge is 0.206 e. The third-order valence-corrected chi connectivity index (χ3v) is 7.50. The molecule has 2 unspecified atom stereocenters. The van der Waals surface area contributed by atoms with Crippen LogP contribution in [0.1, 0.15) is 50.2 Å². The molecule has 2 aliphatic carbocycles. The fourth-order valence-electron chi connectivity index (χ4n) is 5.65. The van der Waals surface area contributed by atoms with Crippen molar-refractivity contribution in [2.45, 2.75) is 51.9 Å². The van der Waals surface area contributed by atoms with Crippen LogP contribution in [-0.4, -0.2) is 0 Å². The van der Waals surface area contributed by atoms with Gasteiger partial charge >= 0.3 is 0 Å². The third kappa shape index (κ3) is 4.60. The van der Waals surface area contributed by atoms with Gasteiger partial charge in [0.25, 0.3) is 6.08 Å². The molecule has 0 radical (unpaired) electrons. The molecule has 0 aromatic heterocycles. The molecule has 172 valence electrons. The van der Waals surface area contributed by atoms with Gasteiger partial charge in [-0.1, -0.05) is 19.1 Å². The van der Waals surface area contributed by atoms with E-state index in [1.807, 2.05) is 13.0 Å². The van der Waals surface area contributed by atoms with E-state index < -0.39 is 29.3 Å². The molecule has 2 atom stereocenters. The van der Waals surface area contributed by atoms with Gasteiger partial charge in [0.05, 0.1) is 0 Å². The highest BCUT2D eigenvalue weighted by atomic mass is 19.3. The Kier molecular flexibility index (Phi) is 6.68. The number of allylic oxidation sites excluding steroid dienone is 1. The highest BCUT2D eigenvalue weighted by Crippen LogP contribution is 2.43. The Bertz CT molecular complexity index is 992. The summed E-state index contributed by atoms with van der Waals surface area (Å²) in [6, 6.07) is 4.96. The summed E-state index contributed by atoms with van der Waals surface area (Å²) in [6.45, 7) is 1.85. The first-order valence-electron chi connectivity index (χ1n) is 11.2. The van der Waals surface area contributed by atoms with Gasteiger partial charge in [-0.2, -0.15) is 8.78 Å². The SMILES string of the molecule is CC(C=C(F)F)C1CCC(C2CCc3c(ccc(-c4cc(F)c(F)c(F)c4)c3F)C2)CC1. The van der Waals surface area contributed by atoms with Crippen LogP contribution in [0.3, 0.4) is 0 Å². The van der Waals surface area contributed by atoms with Gasteiger partial charge in [0.1, 0.15) is 5.82 Å². The summed E-state index contributed by atoms with van der Waals surface area (Å²) in [6.07, 6.45) is 5.38. The average Bonchev–Trinajstić information content (AvgIpc) is 2.77. The fourth-order valence-corrected chi connectivity index (χ4v) is 5.65. The van der Waals surface area contributed by atoms with Crippen molar-refractivity contribution in [2.75, 3.05) is 0 Å². The van der Waals surface area contributed by atoms with Crippen LogP contribution in [0, 0.1) is 46.9 Å². The minimum atomic E-state index is -1.61. The second kappa shape index (κ2) is 9.32. The molecule has 32 heavy (non-hydrogen) atoms. The van der Waals surface area contributed by atoms with Crippen molar-refractivity contribution in [1.82, 2.24) is 0 Å². The lowest BCUT2D eigenvalue weighted by Gasteiger charge is -2.38. The highest BCUT2D eigenvalue weighted by Gasteiger charge is 2.32. The monoisotopic (exact) mass is 452 g/mol. The highest BCUT2D eigenvalue weighted by molar-refractivity contribution is 5.66. The van der Waals surface area contributed by atoms with Crippen LogP contribution in [0.25, 0.3) is 11.1 Å². The van der Waals surface area contributed by atoms with E-state index in [1.54, 1.807) is 0 Å². The quantitative estimate of drug-likeness (QED) is 0.324. The summed E-state index contributed by atoms with van der Waals surface area (Å²) in [4.78, 5) is 0. The molecule has 0 N–H and O–H groups in total. The summed E-state index contributed by atoms with van der Waals surface area (Å²) in [5, 5.41) is 0. The van der Waals surface area contributed by atoms with E-state index >= 15 is 4.39 Å². The molecule has 0 spiro atoms. The van der Waals surface area contributed by atoms with E-state index in [-0.39, 0.29) is 23.0 Å². The third-order valence-electron chi connectivity index (χ3n) is 7.50. The Labute approximate surface area is 184 Å². The van der Waals surface area contributed by atoms with Crippen LogP contribution in [0.4, 0.5) is 26.3 Å². The molecule has 6 heteroatoms. The zero-order chi connectivity index (χ0) is 23.0. The van der Waals surface area contributed by atoms with E-state index in [0.717, 1.165) is 62.3 Å². The van der Waals surface area contributed by atoms with Crippen molar-refractivity contribution in [2.24, 2.45) is 23.7 Å². The van der Waals surface area contributed by atoms with Crippen LogP contribution in [0.5, 0.6) is 0 Å². The molecule has 1 saturated carbocycles. The summed E-state index contributed by atoms with van der Waals surface area (Å²) < 4.78 is 80.8. The Morgan fingerprint density at radius 3 is 2.16 bits per heavy atom. The number of halogens is 6. The second-order valence-corrected chi connectivity index (χ2v) is 9.31. The number of hydrogen-bond donors (Lipinski definition) is 0. The number of fused-ring (bicyclic) bond motifs is 1. The van der Waals surface area contributed by atoms with Gasteiger partial charge in [-0.05, 0) is 104 Å². The maximum absolute atomic E-state index is 15.2. The normalized spacial score (nSPS) is 24.0. The molecular weight excluding hydrogens is 426 g/mol. The predicted molar refractivity (Wildman–Crippen MR) is 112 cm³/mol. The molecule has 0 amide bonds. The van der Waals surface area contributed by atoms with Crippen LogP contribution in [0.15, 0.2) is 36.4 Å². The Hall–Kier alpha value is -2.24. The maximum atomic E-state index is 15.2.